The van der Waals surface area contributed by atoms with E-state index < -0.39 is 29.1 Å². The van der Waals surface area contributed by atoms with E-state index in [0.29, 0.717) is 17.3 Å². The first-order chi connectivity index (χ1) is 20.1. The van der Waals surface area contributed by atoms with Crippen LogP contribution in [0, 0.1) is 11.8 Å². The van der Waals surface area contributed by atoms with Crippen molar-refractivity contribution in [2.45, 2.75) is 31.1 Å². The maximum Gasteiger partial charge on any atom is 0.417 e. The Kier molecular flexibility index (Phi) is 7.93. The van der Waals surface area contributed by atoms with Crippen LogP contribution >= 0.6 is 0 Å². The molecule has 212 valence electrons. The lowest BCUT2D eigenvalue weighted by Gasteiger charge is -2.20. The van der Waals surface area contributed by atoms with Crippen molar-refractivity contribution in [2.75, 3.05) is 6.54 Å². The molecule has 0 atom stereocenters. The lowest BCUT2D eigenvalue weighted by molar-refractivity contribution is -0.139. The number of hydrogen-bond donors (Lipinski definition) is 3. The van der Waals surface area contributed by atoms with E-state index in [2.05, 4.69) is 38.8 Å². The molecule has 3 aromatic carbocycles. The molecule has 0 radical (unpaired) electrons. The summed E-state index contributed by atoms with van der Waals surface area (Å²) >= 11 is 0. The fourth-order valence-electron chi connectivity index (χ4n) is 4.51. The number of pyridine rings is 1. The zero-order chi connectivity index (χ0) is 29.7. The summed E-state index contributed by atoms with van der Waals surface area (Å²) in [5.74, 6) is 2.91. The van der Waals surface area contributed by atoms with Gasteiger partial charge in [0.25, 0.3) is 5.91 Å². The number of rotatable bonds is 6. The number of nitrogens with one attached hydrogen (secondary N) is 3. The molecule has 3 amide bonds. The minimum absolute atomic E-state index is 0.0556. The molecule has 7 nitrogen and oxygen atoms in total. The molecule has 0 aliphatic heterocycles. The zero-order valence-electron chi connectivity index (χ0n) is 22.2. The smallest absolute Gasteiger partial charge is 0.344 e. The quantitative estimate of drug-likeness (QED) is 0.236. The third kappa shape index (κ3) is 6.58. The van der Waals surface area contributed by atoms with E-state index in [1.165, 1.54) is 0 Å². The van der Waals surface area contributed by atoms with Crippen LogP contribution in [0.25, 0.3) is 10.8 Å². The van der Waals surface area contributed by atoms with Gasteiger partial charge in [0, 0.05) is 18.3 Å². The summed E-state index contributed by atoms with van der Waals surface area (Å²) < 4.78 is 37.9. The highest BCUT2D eigenvalue weighted by molar-refractivity contribution is 6.35. The van der Waals surface area contributed by atoms with E-state index >= 15 is 0 Å². The number of fused-ring (bicyclic) bond motifs is 1. The molecule has 5 rings (SSSR count). The molecule has 0 bridgehead atoms. The molecule has 0 spiro atoms. The number of carbonyl (C=O) groups is 3. The summed E-state index contributed by atoms with van der Waals surface area (Å²) in [6.45, 7) is -0.273. The van der Waals surface area contributed by atoms with E-state index in [-0.39, 0.29) is 24.7 Å². The number of amides is 3. The summed E-state index contributed by atoms with van der Waals surface area (Å²) in [6.07, 6.45) is -2.20. The Bertz CT molecular complexity index is 1720. The van der Waals surface area contributed by atoms with Crippen LogP contribution in [0.3, 0.4) is 0 Å². The van der Waals surface area contributed by atoms with Gasteiger partial charge in [-0.15, -0.1) is 0 Å². The highest BCUT2D eigenvalue weighted by Crippen LogP contribution is 2.46. The Hall–Kier alpha value is -5.17. The number of carbonyl (C=O) groups excluding carboxylic acids is 3. The highest BCUT2D eigenvalue weighted by Gasteiger charge is 2.46. The van der Waals surface area contributed by atoms with Crippen LogP contribution < -0.4 is 16.0 Å². The van der Waals surface area contributed by atoms with Crippen LogP contribution in [0.15, 0.2) is 85.1 Å². The van der Waals surface area contributed by atoms with E-state index in [1.54, 1.807) is 24.3 Å². The van der Waals surface area contributed by atoms with Crippen LogP contribution in [0.1, 0.15) is 45.6 Å². The first kappa shape index (κ1) is 28.4. The van der Waals surface area contributed by atoms with E-state index in [9.17, 15) is 27.6 Å². The Balaban J connectivity index is 1.15. The minimum Gasteiger partial charge on any atom is -0.344 e. The predicted molar refractivity (Wildman–Crippen MR) is 150 cm³/mol. The summed E-state index contributed by atoms with van der Waals surface area (Å²) in [4.78, 5) is 41.5. The van der Waals surface area contributed by atoms with Gasteiger partial charge in [-0.25, -0.2) is 4.98 Å². The van der Waals surface area contributed by atoms with Crippen molar-refractivity contribution < 1.29 is 27.6 Å². The number of benzene rings is 3. The largest absolute Gasteiger partial charge is 0.417 e. The third-order valence-electron chi connectivity index (χ3n) is 6.96. The molecule has 1 fully saturated rings. The summed E-state index contributed by atoms with van der Waals surface area (Å²) in [5, 5.41) is 10.2. The molecule has 10 heteroatoms. The van der Waals surface area contributed by atoms with Crippen LogP contribution in [0.4, 0.5) is 13.2 Å². The number of halogens is 3. The SMILES string of the molecule is O=C(NCC#Cc1ccc(C(F)(F)F)cn1)C(=O)NCc1ccccc1C(=O)NC1(c2ccc3ccccc3c2)CC1. The van der Waals surface area contributed by atoms with Crippen molar-refractivity contribution in [3.8, 4) is 11.8 Å². The molecular weight excluding hydrogens is 545 g/mol. The van der Waals surface area contributed by atoms with Gasteiger partial charge in [-0.2, -0.15) is 13.2 Å². The average Bonchev–Trinajstić information content (AvgIpc) is 3.78. The van der Waals surface area contributed by atoms with Gasteiger partial charge >= 0.3 is 18.0 Å². The molecule has 0 saturated heterocycles. The molecule has 1 aliphatic carbocycles. The van der Waals surface area contributed by atoms with Crippen LogP contribution in [-0.4, -0.2) is 29.3 Å². The molecule has 3 N–H and O–H groups in total. The minimum atomic E-state index is -4.50. The maximum atomic E-state index is 13.3. The Morgan fingerprint density at radius 3 is 2.29 bits per heavy atom. The molecule has 1 saturated carbocycles. The normalized spacial score (nSPS) is 13.4. The lowest BCUT2D eigenvalue weighted by atomic mass is 9.99. The first-order valence-electron chi connectivity index (χ1n) is 13.1. The van der Waals surface area contributed by atoms with E-state index in [1.807, 2.05) is 36.4 Å². The topological polar surface area (TPSA) is 100 Å². The van der Waals surface area contributed by atoms with Crippen molar-refractivity contribution in [3.63, 3.8) is 0 Å². The number of aromatic nitrogens is 1. The summed E-state index contributed by atoms with van der Waals surface area (Å²) in [7, 11) is 0. The van der Waals surface area contributed by atoms with E-state index in [4.69, 9.17) is 0 Å². The fraction of sp³-hybridized carbons (Fsp3) is 0.188. The predicted octanol–water partition coefficient (Wildman–Crippen LogP) is 4.46. The van der Waals surface area contributed by atoms with E-state index in [0.717, 1.165) is 41.3 Å². The molecule has 0 unspecified atom stereocenters. The number of hydrogen-bond acceptors (Lipinski definition) is 4. The number of nitrogens with zero attached hydrogens (tertiary/aromatic N) is 1. The fourth-order valence-corrected chi connectivity index (χ4v) is 4.51. The lowest BCUT2D eigenvalue weighted by Crippen LogP contribution is -2.40. The Morgan fingerprint density at radius 2 is 1.57 bits per heavy atom. The van der Waals surface area contributed by atoms with Crippen LogP contribution in [0.2, 0.25) is 0 Å². The van der Waals surface area contributed by atoms with Gasteiger partial charge in [0.15, 0.2) is 0 Å². The molecule has 1 aromatic heterocycles. The molecule has 1 heterocycles. The summed E-state index contributed by atoms with van der Waals surface area (Å²) in [5.41, 5.74) is 0.709. The van der Waals surface area contributed by atoms with Gasteiger partial charge in [-0.05, 0) is 64.9 Å². The maximum absolute atomic E-state index is 13.3. The molecule has 42 heavy (non-hydrogen) atoms. The second-order valence-electron chi connectivity index (χ2n) is 9.85. The number of alkyl halides is 3. The van der Waals surface area contributed by atoms with Crippen molar-refractivity contribution >= 4 is 28.5 Å². The highest BCUT2D eigenvalue weighted by atomic mass is 19.4. The third-order valence-corrected chi connectivity index (χ3v) is 6.96. The summed E-state index contributed by atoms with van der Waals surface area (Å²) in [6, 6.07) is 23.0. The monoisotopic (exact) mass is 570 g/mol. The van der Waals surface area contributed by atoms with Crippen molar-refractivity contribution in [1.29, 1.82) is 0 Å². The van der Waals surface area contributed by atoms with Crippen molar-refractivity contribution in [1.82, 2.24) is 20.9 Å². The van der Waals surface area contributed by atoms with Crippen molar-refractivity contribution in [2.24, 2.45) is 0 Å². The van der Waals surface area contributed by atoms with Gasteiger partial charge in [0.1, 0.15) is 5.69 Å². The zero-order valence-corrected chi connectivity index (χ0v) is 22.2. The van der Waals surface area contributed by atoms with Gasteiger partial charge in [0.05, 0.1) is 17.6 Å². The molecule has 1 aliphatic rings. The van der Waals surface area contributed by atoms with Gasteiger partial charge < -0.3 is 16.0 Å². The van der Waals surface area contributed by atoms with Gasteiger partial charge in [0.2, 0.25) is 0 Å². The van der Waals surface area contributed by atoms with Crippen LogP contribution in [0.5, 0.6) is 0 Å². The van der Waals surface area contributed by atoms with Crippen molar-refractivity contribution in [3.05, 3.63) is 113 Å². The van der Waals surface area contributed by atoms with Crippen LogP contribution in [-0.2, 0) is 27.8 Å². The Morgan fingerprint density at radius 1 is 0.857 bits per heavy atom. The standard InChI is InChI=1S/C32H25F3N4O3/c33-32(34,35)25-13-14-26(37-20-25)9-5-17-36-29(41)30(42)38-19-23-8-3-4-10-27(23)28(40)39-31(15-16-31)24-12-11-21-6-1-2-7-22(21)18-24/h1-4,6-8,10-14,18,20H,15-17,19H2,(H,36,41)(H,38,42)(H,39,40). The first-order valence-corrected chi connectivity index (χ1v) is 13.1. The second-order valence-corrected chi connectivity index (χ2v) is 9.85. The second kappa shape index (κ2) is 11.7. The van der Waals surface area contributed by atoms with Gasteiger partial charge in [-0.3, -0.25) is 14.4 Å². The Labute approximate surface area is 239 Å². The van der Waals surface area contributed by atoms with Gasteiger partial charge in [-0.1, -0.05) is 60.5 Å². The molecule has 4 aromatic rings. The molecular formula is C32H25F3N4O3. The average molecular weight is 571 g/mol.